The molecule has 2 aromatic carbocycles. The Balaban J connectivity index is 1.70. The van der Waals surface area contributed by atoms with Gasteiger partial charge in [-0.1, -0.05) is 29.8 Å². The van der Waals surface area contributed by atoms with Crippen LogP contribution in [0.15, 0.2) is 36.4 Å². The quantitative estimate of drug-likeness (QED) is 0.679. The van der Waals surface area contributed by atoms with Gasteiger partial charge >= 0.3 is 0 Å². The van der Waals surface area contributed by atoms with Crippen molar-refractivity contribution in [2.24, 2.45) is 0 Å². The molecular weight excluding hydrogens is 372 g/mol. The third-order valence-corrected chi connectivity index (χ3v) is 5.63. The van der Waals surface area contributed by atoms with Gasteiger partial charge in [0.1, 0.15) is 0 Å². The average molecular weight is 397 g/mol. The topological polar surface area (TPSA) is 50.3 Å². The standard InChI is InChI=1S/C22H25ClN4O/c1-14-4-6-19(21(23)12-14)15(2)24-22-20-13-17(27-8-10-28-11-9-27)5-7-18(20)16(3)25-26-22/h4-7,12-13,15H,8-11H2,1-3H3,(H,24,26)/t15-/m1/s1. The molecule has 1 aliphatic rings. The van der Waals surface area contributed by atoms with Gasteiger partial charge in [-0.25, -0.2) is 0 Å². The van der Waals surface area contributed by atoms with E-state index < -0.39 is 0 Å². The summed E-state index contributed by atoms with van der Waals surface area (Å²) in [7, 11) is 0. The fourth-order valence-corrected chi connectivity index (χ4v) is 4.07. The van der Waals surface area contributed by atoms with E-state index >= 15 is 0 Å². The number of benzene rings is 2. The molecular formula is C22H25ClN4O. The molecule has 1 saturated heterocycles. The summed E-state index contributed by atoms with van der Waals surface area (Å²) < 4.78 is 5.48. The molecule has 6 heteroatoms. The Kier molecular flexibility index (Phi) is 5.38. The van der Waals surface area contributed by atoms with Crippen molar-refractivity contribution < 1.29 is 4.74 Å². The second kappa shape index (κ2) is 7.94. The fourth-order valence-electron chi connectivity index (χ4n) is 3.67. The van der Waals surface area contributed by atoms with Crippen LogP contribution in [0.4, 0.5) is 11.5 Å². The van der Waals surface area contributed by atoms with Crippen LogP contribution in [0.25, 0.3) is 10.8 Å². The van der Waals surface area contributed by atoms with Gasteiger partial charge < -0.3 is 15.0 Å². The van der Waals surface area contributed by atoms with Crippen molar-refractivity contribution in [1.29, 1.82) is 0 Å². The van der Waals surface area contributed by atoms with Gasteiger partial charge in [0.05, 0.1) is 24.9 Å². The first kappa shape index (κ1) is 19.0. The highest BCUT2D eigenvalue weighted by molar-refractivity contribution is 6.31. The monoisotopic (exact) mass is 396 g/mol. The molecule has 5 nitrogen and oxygen atoms in total. The van der Waals surface area contributed by atoms with Crippen LogP contribution in [0, 0.1) is 13.8 Å². The first-order chi connectivity index (χ1) is 13.5. The molecule has 0 aliphatic carbocycles. The molecule has 146 valence electrons. The first-order valence-corrected chi connectivity index (χ1v) is 10.0. The van der Waals surface area contributed by atoms with Gasteiger partial charge in [0, 0.05) is 34.6 Å². The molecule has 0 unspecified atom stereocenters. The van der Waals surface area contributed by atoms with E-state index in [0.717, 1.165) is 64.7 Å². The van der Waals surface area contributed by atoms with E-state index in [4.69, 9.17) is 16.3 Å². The number of anilines is 2. The molecule has 0 bridgehead atoms. The van der Waals surface area contributed by atoms with E-state index in [1.165, 1.54) is 5.69 Å². The molecule has 1 N–H and O–H groups in total. The van der Waals surface area contributed by atoms with Crippen LogP contribution in [0.2, 0.25) is 5.02 Å². The summed E-state index contributed by atoms with van der Waals surface area (Å²) in [5, 5.41) is 15.3. The predicted molar refractivity (Wildman–Crippen MR) is 116 cm³/mol. The molecule has 1 fully saturated rings. The number of halogens is 1. The zero-order chi connectivity index (χ0) is 19.7. The van der Waals surface area contributed by atoms with Gasteiger partial charge in [0.2, 0.25) is 0 Å². The number of nitrogens with one attached hydrogen (secondary N) is 1. The molecule has 28 heavy (non-hydrogen) atoms. The number of hydrogen-bond acceptors (Lipinski definition) is 5. The minimum Gasteiger partial charge on any atom is -0.378 e. The fraction of sp³-hybridized carbons (Fsp3) is 0.364. The van der Waals surface area contributed by atoms with Crippen molar-refractivity contribution in [3.63, 3.8) is 0 Å². The van der Waals surface area contributed by atoms with E-state index in [2.05, 4.69) is 57.7 Å². The Bertz CT molecular complexity index is 1000. The van der Waals surface area contributed by atoms with Crippen molar-refractivity contribution in [1.82, 2.24) is 10.2 Å². The summed E-state index contributed by atoms with van der Waals surface area (Å²) in [5.74, 6) is 0.778. The Hall–Kier alpha value is -2.37. The molecule has 3 aromatic rings. The summed E-state index contributed by atoms with van der Waals surface area (Å²) in [6.45, 7) is 9.46. The Morgan fingerprint density at radius 1 is 1.04 bits per heavy atom. The zero-order valence-corrected chi connectivity index (χ0v) is 17.3. The highest BCUT2D eigenvalue weighted by atomic mass is 35.5. The summed E-state index contributed by atoms with van der Waals surface area (Å²) in [6.07, 6.45) is 0. The third kappa shape index (κ3) is 3.77. The van der Waals surface area contributed by atoms with Crippen molar-refractivity contribution >= 4 is 33.9 Å². The van der Waals surface area contributed by atoms with Crippen molar-refractivity contribution in [3.05, 3.63) is 58.2 Å². The number of ether oxygens (including phenoxy) is 1. The molecule has 1 atom stereocenters. The minimum absolute atomic E-state index is 0.0142. The van der Waals surface area contributed by atoms with Gasteiger partial charge in [0.15, 0.2) is 5.82 Å². The number of aryl methyl sites for hydroxylation is 2. The van der Waals surface area contributed by atoms with Crippen LogP contribution >= 0.6 is 11.6 Å². The maximum atomic E-state index is 6.47. The van der Waals surface area contributed by atoms with E-state index in [1.807, 2.05) is 19.9 Å². The van der Waals surface area contributed by atoms with Gasteiger partial charge in [-0.2, -0.15) is 5.10 Å². The largest absolute Gasteiger partial charge is 0.378 e. The van der Waals surface area contributed by atoms with Gasteiger partial charge in [-0.05, 0) is 50.1 Å². The van der Waals surface area contributed by atoms with Crippen LogP contribution < -0.4 is 10.2 Å². The number of morpholine rings is 1. The highest BCUT2D eigenvalue weighted by Crippen LogP contribution is 2.32. The van der Waals surface area contributed by atoms with Crippen molar-refractivity contribution in [3.8, 4) is 0 Å². The first-order valence-electron chi connectivity index (χ1n) is 9.65. The number of aromatic nitrogens is 2. The molecule has 0 amide bonds. The van der Waals surface area contributed by atoms with Crippen molar-refractivity contribution in [2.45, 2.75) is 26.8 Å². The van der Waals surface area contributed by atoms with Gasteiger partial charge in [-0.3, -0.25) is 0 Å². The molecule has 0 spiro atoms. The molecule has 0 saturated carbocycles. The zero-order valence-electron chi connectivity index (χ0n) is 16.5. The second-order valence-electron chi connectivity index (χ2n) is 7.35. The Labute approximate surface area is 170 Å². The molecule has 0 radical (unpaired) electrons. The Morgan fingerprint density at radius 2 is 1.82 bits per heavy atom. The maximum Gasteiger partial charge on any atom is 0.157 e. The summed E-state index contributed by atoms with van der Waals surface area (Å²) in [6, 6.07) is 12.7. The molecule has 1 aliphatic heterocycles. The SMILES string of the molecule is Cc1ccc([C@@H](C)Nc2nnc(C)c3ccc(N4CCOCC4)cc23)c(Cl)c1. The minimum atomic E-state index is 0.0142. The number of hydrogen-bond donors (Lipinski definition) is 1. The lowest BCUT2D eigenvalue weighted by atomic mass is 10.1. The molecule has 2 heterocycles. The summed E-state index contributed by atoms with van der Waals surface area (Å²) >= 11 is 6.47. The van der Waals surface area contributed by atoms with Gasteiger partial charge in [0.25, 0.3) is 0 Å². The third-order valence-electron chi connectivity index (χ3n) is 5.30. The van der Waals surface area contributed by atoms with Crippen LogP contribution in [0.1, 0.15) is 29.8 Å². The predicted octanol–water partition coefficient (Wildman–Crippen LogP) is 4.91. The second-order valence-corrected chi connectivity index (χ2v) is 7.76. The summed E-state index contributed by atoms with van der Waals surface area (Å²) in [4.78, 5) is 2.35. The smallest absolute Gasteiger partial charge is 0.157 e. The van der Waals surface area contributed by atoms with Gasteiger partial charge in [-0.15, -0.1) is 5.10 Å². The number of nitrogens with zero attached hydrogens (tertiary/aromatic N) is 3. The van der Waals surface area contributed by atoms with Crippen molar-refractivity contribution in [2.75, 3.05) is 36.5 Å². The Morgan fingerprint density at radius 3 is 2.57 bits per heavy atom. The van der Waals surface area contributed by atoms with Crippen LogP contribution in [0.5, 0.6) is 0 Å². The lowest BCUT2D eigenvalue weighted by Gasteiger charge is -2.29. The summed E-state index contributed by atoms with van der Waals surface area (Å²) in [5.41, 5.74) is 4.31. The van der Waals surface area contributed by atoms with E-state index in [-0.39, 0.29) is 6.04 Å². The molecule has 1 aromatic heterocycles. The van der Waals surface area contributed by atoms with E-state index in [0.29, 0.717) is 0 Å². The van der Waals surface area contributed by atoms with E-state index in [9.17, 15) is 0 Å². The number of rotatable bonds is 4. The lowest BCUT2D eigenvalue weighted by molar-refractivity contribution is 0.122. The molecule has 4 rings (SSSR count). The van der Waals surface area contributed by atoms with Crippen LogP contribution in [0.3, 0.4) is 0 Å². The average Bonchev–Trinajstić information content (AvgIpc) is 2.70. The number of fused-ring (bicyclic) bond motifs is 1. The highest BCUT2D eigenvalue weighted by Gasteiger charge is 2.16. The normalized spacial score (nSPS) is 15.6. The lowest BCUT2D eigenvalue weighted by Crippen LogP contribution is -2.36. The maximum absolute atomic E-state index is 6.47. The van der Waals surface area contributed by atoms with Crippen LogP contribution in [-0.4, -0.2) is 36.5 Å². The van der Waals surface area contributed by atoms with E-state index in [1.54, 1.807) is 0 Å². The van der Waals surface area contributed by atoms with Crippen LogP contribution in [-0.2, 0) is 4.74 Å².